The van der Waals surface area contributed by atoms with E-state index in [0.29, 0.717) is 0 Å². The van der Waals surface area contributed by atoms with Gasteiger partial charge in [-0.3, -0.25) is 0 Å². The Morgan fingerprint density at radius 2 is 1.00 bits per heavy atom. The van der Waals surface area contributed by atoms with Gasteiger partial charge < -0.3 is 0 Å². The van der Waals surface area contributed by atoms with Gasteiger partial charge in [-0.05, 0) is 55.1 Å². The molecule has 0 aromatic carbocycles. The minimum absolute atomic E-state index is 1.19. The van der Waals surface area contributed by atoms with Crippen molar-refractivity contribution in [3.8, 4) is 0 Å². The predicted octanol–water partition coefficient (Wildman–Crippen LogP) is 13.3. The fourth-order valence-electron chi connectivity index (χ4n) is 2.70. The molecule has 0 aromatic rings. The molecule has 5 rings (SSSR count). The molecule has 0 amide bonds. The second-order valence-corrected chi connectivity index (χ2v) is 23.6. The summed E-state index contributed by atoms with van der Waals surface area (Å²) in [4.78, 5) is 0. The van der Waals surface area contributed by atoms with E-state index in [0.717, 1.165) is 0 Å². The third-order valence-electron chi connectivity index (χ3n) is 4.26. The minimum atomic E-state index is 1.19. The number of thioether (sulfide) groups is 14. The molecule has 0 nitrogen and oxygen atoms in total. The Labute approximate surface area is 268 Å². The highest BCUT2D eigenvalue weighted by molar-refractivity contribution is 8.49. The maximum atomic E-state index is 2.22. The molecular formula is C21H20S14. The lowest BCUT2D eigenvalue weighted by molar-refractivity contribution is 1.13. The van der Waals surface area contributed by atoms with Crippen LogP contribution in [0.3, 0.4) is 0 Å². The third-order valence-corrected chi connectivity index (χ3v) is 24.4. The van der Waals surface area contributed by atoms with Crippen molar-refractivity contribution in [2.75, 3.05) is 24.0 Å². The first-order chi connectivity index (χ1) is 17.1. The van der Waals surface area contributed by atoms with Gasteiger partial charge in [0.15, 0.2) is 0 Å². The first kappa shape index (κ1) is 29.6. The Kier molecular flexibility index (Phi) is 12.1. The van der Waals surface area contributed by atoms with E-state index in [2.05, 4.69) is 60.7 Å². The summed E-state index contributed by atoms with van der Waals surface area (Å²) >= 11 is 27.5. The Morgan fingerprint density at radius 1 is 0.571 bits per heavy atom. The number of hydrogen-bond acceptors (Lipinski definition) is 14. The molecule has 0 saturated carbocycles. The molecule has 0 radical (unpaired) electrons. The van der Waals surface area contributed by atoms with Crippen LogP contribution in [0.25, 0.3) is 0 Å². The second-order valence-electron chi connectivity index (χ2n) is 6.95. The molecule has 0 aliphatic carbocycles. The van der Waals surface area contributed by atoms with E-state index in [-0.39, 0.29) is 0 Å². The highest BCUT2D eigenvalue weighted by atomic mass is 32.3. The molecular weight excluding hydrogens is 701 g/mol. The molecule has 14 heteroatoms. The largest absolute Gasteiger partial charge is 0.121 e. The van der Waals surface area contributed by atoms with Crippen LogP contribution < -0.4 is 0 Å². The van der Waals surface area contributed by atoms with E-state index < -0.39 is 0 Å². The molecule has 0 saturated heterocycles. The van der Waals surface area contributed by atoms with Crippen molar-refractivity contribution in [2.24, 2.45) is 0 Å². The fraction of sp³-hybridized carbons (Fsp3) is 0.333. The predicted molar refractivity (Wildman–Crippen MR) is 195 cm³/mol. The lowest BCUT2D eigenvalue weighted by Crippen LogP contribution is -1.84. The standard InChI is InChI=1S/C21H20S14/c1-10(2)11-28-18-19(29-11)35-21(34-18)20-31-13(23-4)16(33-20)25-7-5-6-24-15-12(22-3)30-17(32-15)14-26-8-9-27-14/h8-9H,5-7H2,1-4H3. The zero-order valence-corrected chi connectivity index (χ0v) is 30.4. The van der Waals surface area contributed by atoms with Crippen molar-refractivity contribution < 1.29 is 0 Å². The van der Waals surface area contributed by atoms with Gasteiger partial charge in [-0.25, -0.2) is 0 Å². The van der Waals surface area contributed by atoms with Crippen LogP contribution in [0, 0.1) is 0 Å². The first-order valence-corrected chi connectivity index (χ1v) is 22.9. The quantitative estimate of drug-likeness (QED) is 0.218. The topological polar surface area (TPSA) is 0 Å². The normalized spacial score (nSPS) is 22.3. The van der Waals surface area contributed by atoms with E-state index in [4.69, 9.17) is 0 Å². The Hall–Kier alpha value is 3.08. The van der Waals surface area contributed by atoms with Gasteiger partial charge in [0.25, 0.3) is 0 Å². The highest BCUT2D eigenvalue weighted by Gasteiger charge is 2.34. The zero-order chi connectivity index (χ0) is 24.4. The van der Waals surface area contributed by atoms with Crippen LogP contribution in [0.1, 0.15) is 20.3 Å². The maximum absolute atomic E-state index is 2.22. The average Bonchev–Trinajstić information content (AvgIpc) is 3.65. The van der Waals surface area contributed by atoms with Crippen LogP contribution in [0.5, 0.6) is 0 Å². The Morgan fingerprint density at radius 3 is 1.49 bits per heavy atom. The van der Waals surface area contributed by atoms with Crippen molar-refractivity contribution in [3.05, 3.63) is 63.0 Å². The smallest absolute Gasteiger partial charge is 0.0718 e. The first-order valence-electron chi connectivity index (χ1n) is 10.2. The molecule has 188 valence electrons. The molecule has 0 atom stereocenters. The van der Waals surface area contributed by atoms with Crippen molar-refractivity contribution >= 4 is 165 Å². The summed E-state index contributed by atoms with van der Waals surface area (Å²) in [5, 5.41) is 4.39. The van der Waals surface area contributed by atoms with Gasteiger partial charge >= 0.3 is 0 Å². The number of hydrogen-bond donors (Lipinski definition) is 0. The van der Waals surface area contributed by atoms with E-state index in [1.165, 1.54) is 70.1 Å². The van der Waals surface area contributed by atoms with Crippen LogP contribution in [-0.2, 0) is 0 Å². The van der Waals surface area contributed by atoms with Gasteiger partial charge in [0.1, 0.15) is 0 Å². The Bertz CT molecular complexity index is 1080. The summed E-state index contributed by atoms with van der Waals surface area (Å²) < 4.78 is 16.3. The fourth-order valence-corrected chi connectivity index (χ4v) is 22.5. The van der Waals surface area contributed by atoms with Crippen LogP contribution in [-0.4, -0.2) is 24.0 Å². The van der Waals surface area contributed by atoms with Crippen molar-refractivity contribution in [2.45, 2.75) is 20.3 Å². The van der Waals surface area contributed by atoms with Crippen LogP contribution in [0.2, 0.25) is 0 Å². The summed E-state index contributed by atoms with van der Waals surface area (Å²) in [6.07, 6.45) is 5.67. The van der Waals surface area contributed by atoms with E-state index in [1.54, 1.807) is 0 Å². The molecule has 0 unspecified atom stereocenters. The van der Waals surface area contributed by atoms with E-state index >= 15 is 0 Å². The lowest BCUT2D eigenvalue weighted by Gasteiger charge is -2.06. The summed E-state index contributed by atoms with van der Waals surface area (Å²) in [6, 6.07) is 0. The molecule has 0 bridgehead atoms. The second kappa shape index (κ2) is 14.3. The van der Waals surface area contributed by atoms with Gasteiger partial charge in [0.2, 0.25) is 0 Å². The van der Waals surface area contributed by atoms with Crippen molar-refractivity contribution in [1.29, 1.82) is 0 Å². The van der Waals surface area contributed by atoms with E-state index in [1.807, 2.05) is 141 Å². The average molecular weight is 721 g/mol. The van der Waals surface area contributed by atoms with Crippen molar-refractivity contribution in [3.63, 3.8) is 0 Å². The van der Waals surface area contributed by atoms with Gasteiger partial charge in [0.05, 0.1) is 42.4 Å². The molecule has 35 heavy (non-hydrogen) atoms. The third kappa shape index (κ3) is 7.48. The van der Waals surface area contributed by atoms with Crippen LogP contribution >= 0.6 is 165 Å². The molecule has 0 fully saturated rings. The van der Waals surface area contributed by atoms with Gasteiger partial charge in [-0.15, -0.1) is 47.0 Å². The summed E-state index contributed by atoms with van der Waals surface area (Å²) in [6.45, 7) is 4.44. The number of rotatable bonds is 8. The molecule has 5 heterocycles. The summed E-state index contributed by atoms with van der Waals surface area (Å²) in [7, 11) is 0. The van der Waals surface area contributed by atoms with Crippen molar-refractivity contribution in [1.82, 2.24) is 0 Å². The van der Waals surface area contributed by atoms with Gasteiger partial charge in [-0.1, -0.05) is 123 Å². The van der Waals surface area contributed by atoms with Crippen LogP contribution in [0.15, 0.2) is 63.0 Å². The minimum Gasteiger partial charge on any atom is -0.121 e. The maximum Gasteiger partial charge on any atom is 0.0718 e. The molecule has 5 aliphatic rings. The number of allylic oxidation sites excluding steroid dienone is 1. The highest BCUT2D eigenvalue weighted by Crippen LogP contribution is 2.71. The van der Waals surface area contributed by atoms with Gasteiger partial charge in [-0.2, -0.15) is 0 Å². The SMILES string of the molecule is CSC1=C(SCCCSC2=C(SC)SC(=C3SC4=C(SC(=C(C)C)S4)S3)S2)SC(=C2SC=CS2)S1. The lowest BCUT2D eigenvalue weighted by atomic mass is 10.4. The summed E-state index contributed by atoms with van der Waals surface area (Å²) in [5.74, 6) is 2.38. The molecule has 0 spiro atoms. The van der Waals surface area contributed by atoms with Crippen LogP contribution in [0.4, 0.5) is 0 Å². The van der Waals surface area contributed by atoms with Gasteiger partial charge in [0, 0.05) is 4.24 Å². The zero-order valence-electron chi connectivity index (χ0n) is 19.0. The molecule has 0 aromatic heterocycles. The monoisotopic (exact) mass is 720 g/mol. The molecule has 0 N–H and O–H groups in total. The summed E-state index contributed by atoms with van der Waals surface area (Å²) in [5.41, 5.74) is 1.44. The van der Waals surface area contributed by atoms with E-state index in [9.17, 15) is 0 Å². The Balaban J connectivity index is 1.08. The molecule has 5 aliphatic heterocycles.